The number of rotatable bonds is 5. The first-order valence-electron chi connectivity index (χ1n) is 10.8. The third-order valence-corrected chi connectivity index (χ3v) is 6.27. The monoisotopic (exact) mass is 488 g/mol. The van der Waals surface area contributed by atoms with Gasteiger partial charge in [0.1, 0.15) is 22.8 Å². The van der Waals surface area contributed by atoms with Crippen LogP contribution < -0.4 is 21.5 Å². The highest BCUT2D eigenvalue weighted by molar-refractivity contribution is 7.22. The van der Waals surface area contributed by atoms with Crippen molar-refractivity contribution in [2.75, 3.05) is 51.4 Å². The third-order valence-electron chi connectivity index (χ3n) is 5.38. The lowest BCUT2D eigenvalue weighted by Gasteiger charge is -2.11. The Morgan fingerprint density at radius 3 is 2.56 bits per heavy atom. The molecule has 1 aliphatic rings. The van der Waals surface area contributed by atoms with Gasteiger partial charge in [-0.15, -0.1) is 0 Å². The molecule has 1 fully saturated rings. The predicted octanol–water partition coefficient (Wildman–Crippen LogP) is 3.25. The SMILES string of the molecule is CN1CCCC1.COc1nc(NCCN)c2cnc(-c3ccc(F)c4sc(N)nc34)c(F)c2n1. The van der Waals surface area contributed by atoms with E-state index >= 15 is 4.39 Å². The molecular weight excluding hydrogens is 462 g/mol. The van der Waals surface area contributed by atoms with Crippen molar-refractivity contribution in [3.63, 3.8) is 0 Å². The second-order valence-corrected chi connectivity index (χ2v) is 8.82. The maximum absolute atomic E-state index is 15.4. The highest BCUT2D eigenvalue weighted by Gasteiger charge is 2.21. The zero-order valence-corrected chi connectivity index (χ0v) is 19.8. The van der Waals surface area contributed by atoms with Gasteiger partial charge in [0, 0.05) is 24.8 Å². The lowest BCUT2D eigenvalue weighted by atomic mass is 10.1. The Morgan fingerprint density at radius 1 is 1.15 bits per heavy atom. The molecule has 1 aliphatic heterocycles. The summed E-state index contributed by atoms with van der Waals surface area (Å²) in [6.45, 7) is 3.43. The van der Waals surface area contributed by atoms with Crippen LogP contribution in [0.5, 0.6) is 6.01 Å². The maximum atomic E-state index is 15.4. The van der Waals surface area contributed by atoms with E-state index in [0.717, 1.165) is 11.3 Å². The van der Waals surface area contributed by atoms with Crippen molar-refractivity contribution in [3.8, 4) is 17.3 Å². The summed E-state index contributed by atoms with van der Waals surface area (Å²) in [4.78, 5) is 19.0. The number of methoxy groups -OCH3 is 1. The van der Waals surface area contributed by atoms with E-state index < -0.39 is 11.6 Å². The predicted molar refractivity (Wildman–Crippen MR) is 131 cm³/mol. The van der Waals surface area contributed by atoms with Crippen LogP contribution in [-0.4, -0.2) is 65.2 Å². The number of nitrogens with zero attached hydrogens (tertiary/aromatic N) is 5. The minimum Gasteiger partial charge on any atom is -0.467 e. The lowest BCUT2D eigenvalue weighted by Crippen LogP contribution is -2.15. The summed E-state index contributed by atoms with van der Waals surface area (Å²) >= 11 is 0.989. The van der Waals surface area contributed by atoms with Crippen LogP contribution >= 0.6 is 11.3 Å². The molecule has 1 saturated heterocycles. The molecule has 0 amide bonds. The average molecular weight is 489 g/mol. The summed E-state index contributed by atoms with van der Waals surface area (Å²) in [5.74, 6) is -0.827. The van der Waals surface area contributed by atoms with Crippen LogP contribution in [0.25, 0.3) is 32.4 Å². The number of fused-ring (bicyclic) bond motifs is 2. The summed E-state index contributed by atoms with van der Waals surface area (Å²) in [6.07, 6.45) is 4.27. The fourth-order valence-corrected chi connectivity index (χ4v) is 4.46. The van der Waals surface area contributed by atoms with Crippen LogP contribution in [0.15, 0.2) is 18.3 Å². The number of ether oxygens (including phenoxy) is 1. The Balaban J connectivity index is 0.000000398. The van der Waals surface area contributed by atoms with E-state index in [9.17, 15) is 4.39 Å². The second-order valence-electron chi connectivity index (χ2n) is 7.79. The van der Waals surface area contributed by atoms with Crippen molar-refractivity contribution in [2.24, 2.45) is 5.73 Å². The Morgan fingerprint density at radius 2 is 1.91 bits per heavy atom. The summed E-state index contributed by atoms with van der Waals surface area (Å²) in [5.41, 5.74) is 11.8. The van der Waals surface area contributed by atoms with E-state index in [0.29, 0.717) is 29.9 Å². The van der Waals surface area contributed by atoms with Gasteiger partial charge in [-0.05, 0) is 45.1 Å². The van der Waals surface area contributed by atoms with Gasteiger partial charge in [0.15, 0.2) is 10.9 Å². The number of likely N-dealkylation sites (tertiary alicyclic amines) is 1. The molecule has 12 heteroatoms. The molecule has 5 rings (SSSR count). The van der Waals surface area contributed by atoms with Crippen molar-refractivity contribution in [2.45, 2.75) is 12.8 Å². The molecule has 34 heavy (non-hydrogen) atoms. The molecule has 5 N–H and O–H groups in total. The number of benzene rings is 1. The fraction of sp³-hybridized carbons (Fsp3) is 0.364. The molecule has 0 unspecified atom stereocenters. The van der Waals surface area contributed by atoms with E-state index in [4.69, 9.17) is 16.2 Å². The van der Waals surface area contributed by atoms with Crippen LogP contribution in [0, 0.1) is 11.6 Å². The van der Waals surface area contributed by atoms with Crippen molar-refractivity contribution >= 4 is 43.4 Å². The zero-order valence-electron chi connectivity index (χ0n) is 18.9. The number of nitrogen functional groups attached to an aromatic ring is 1. The van der Waals surface area contributed by atoms with Gasteiger partial charge >= 0.3 is 6.01 Å². The molecule has 180 valence electrons. The first kappa shape index (κ1) is 23.9. The van der Waals surface area contributed by atoms with Gasteiger partial charge < -0.3 is 26.4 Å². The summed E-state index contributed by atoms with van der Waals surface area (Å²) in [5, 5.41) is 3.55. The number of nitrogens with two attached hydrogens (primary N) is 2. The van der Waals surface area contributed by atoms with Gasteiger partial charge in [-0.2, -0.15) is 9.97 Å². The number of thiazole rings is 1. The standard InChI is InChI=1S/C17H15F2N7OS.C5H11N/c1-27-17-25-12-8(15(26-17)22-5-4-20)6-23-11(10(12)19)7-2-3-9(18)14-13(7)24-16(21)28-14;1-6-4-2-3-5-6/h2-3,6H,4-5,20H2,1H3,(H2,21,24)(H,22,25,26);2-5H2,1H3. The molecule has 3 aromatic heterocycles. The van der Waals surface area contributed by atoms with E-state index in [1.54, 1.807) is 0 Å². The third kappa shape index (κ3) is 4.83. The number of pyridine rings is 1. The number of hydrogen-bond donors (Lipinski definition) is 3. The number of hydrogen-bond acceptors (Lipinski definition) is 10. The Hall–Kier alpha value is -3.22. The van der Waals surface area contributed by atoms with Crippen molar-refractivity contribution in [1.82, 2.24) is 24.8 Å². The Bertz CT molecular complexity index is 1310. The van der Waals surface area contributed by atoms with Gasteiger partial charge in [-0.3, -0.25) is 4.98 Å². The Labute approximate surface area is 199 Å². The van der Waals surface area contributed by atoms with Crippen LogP contribution in [0.4, 0.5) is 19.7 Å². The smallest absolute Gasteiger partial charge is 0.318 e. The first-order valence-corrected chi connectivity index (χ1v) is 11.6. The lowest BCUT2D eigenvalue weighted by molar-refractivity contribution is 0.382. The number of halogens is 2. The highest BCUT2D eigenvalue weighted by Crippen LogP contribution is 2.36. The van der Waals surface area contributed by atoms with Crippen molar-refractivity contribution in [1.29, 1.82) is 0 Å². The molecule has 4 heterocycles. The highest BCUT2D eigenvalue weighted by atomic mass is 32.1. The normalized spacial score (nSPS) is 13.8. The zero-order chi connectivity index (χ0) is 24.2. The molecule has 1 aromatic carbocycles. The van der Waals surface area contributed by atoms with Crippen LogP contribution in [0.3, 0.4) is 0 Å². The first-order chi connectivity index (χ1) is 16.4. The fourth-order valence-electron chi connectivity index (χ4n) is 3.70. The number of nitrogens with one attached hydrogen (secondary N) is 1. The van der Waals surface area contributed by atoms with E-state index in [2.05, 4.69) is 37.2 Å². The van der Waals surface area contributed by atoms with Crippen molar-refractivity contribution in [3.05, 3.63) is 30.0 Å². The van der Waals surface area contributed by atoms with E-state index in [1.807, 2.05) is 0 Å². The molecule has 0 saturated carbocycles. The van der Waals surface area contributed by atoms with E-state index in [-0.39, 0.29) is 32.6 Å². The van der Waals surface area contributed by atoms with Crippen LogP contribution in [-0.2, 0) is 0 Å². The summed E-state index contributed by atoms with van der Waals surface area (Å²) in [7, 11) is 3.56. The number of anilines is 2. The van der Waals surface area contributed by atoms with Gasteiger partial charge in [0.05, 0.1) is 22.7 Å². The molecular formula is C22H26F2N8OS. The largest absolute Gasteiger partial charge is 0.467 e. The van der Waals surface area contributed by atoms with Crippen LogP contribution in [0.2, 0.25) is 0 Å². The van der Waals surface area contributed by atoms with Gasteiger partial charge in [-0.25, -0.2) is 13.8 Å². The second kappa shape index (κ2) is 10.4. The molecule has 0 radical (unpaired) electrons. The molecule has 0 spiro atoms. The summed E-state index contributed by atoms with van der Waals surface area (Å²) in [6, 6.07) is 2.64. The molecule has 4 aromatic rings. The van der Waals surface area contributed by atoms with Crippen molar-refractivity contribution < 1.29 is 13.5 Å². The average Bonchev–Trinajstić information content (AvgIpc) is 3.47. The molecule has 0 atom stereocenters. The number of aromatic nitrogens is 4. The van der Waals surface area contributed by atoms with Gasteiger partial charge in [0.25, 0.3) is 0 Å². The topological polar surface area (TPSA) is 128 Å². The van der Waals surface area contributed by atoms with E-state index in [1.165, 1.54) is 51.4 Å². The van der Waals surface area contributed by atoms with Gasteiger partial charge in [-0.1, -0.05) is 11.3 Å². The summed E-state index contributed by atoms with van der Waals surface area (Å²) < 4.78 is 34.8. The van der Waals surface area contributed by atoms with Gasteiger partial charge in [0.2, 0.25) is 0 Å². The molecule has 0 bridgehead atoms. The maximum Gasteiger partial charge on any atom is 0.318 e. The Kier molecular flexibility index (Phi) is 7.29. The minimum atomic E-state index is -0.700. The molecule has 9 nitrogen and oxygen atoms in total. The molecule has 0 aliphatic carbocycles. The minimum absolute atomic E-state index is 0.00905. The van der Waals surface area contributed by atoms with Crippen LogP contribution in [0.1, 0.15) is 12.8 Å². The quantitative estimate of drug-likeness (QED) is 0.388.